The number of aliphatic imine (C=N–C) groups is 2. The van der Waals surface area contributed by atoms with E-state index in [0.29, 0.717) is 32.1 Å². The molecule has 18 N–H and O–H groups in total. The van der Waals surface area contributed by atoms with Gasteiger partial charge in [-0.15, -0.1) is 0 Å². The van der Waals surface area contributed by atoms with Crippen LogP contribution in [0.1, 0.15) is 70.6 Å². The van der Waals surface area contributed by atoms with Gasteiger partial charge in [-0.25, -0.2) is 0 Å². The van der Waals surface area contributed by atoms with Crippen LogP contribution in [-0.2, 0) is 33.6 Å². The number of carboxylic acids is 1. The first-order valence-corrected chi connectivity index (χ1v) is 17.5. The molecule has 1 aliphatic rings. The Morgan fingerprint density at radius 1 is 0.774 bits per heavy atom. The summed E-state index contributed by atoms with van der Waals surface area (Å²) >= 11 is 0. The van der Waals surface area contributed by atoms with Crippen LogP contribution in [0.15, 0.2) is 9.98 Å². The normalized spacial score (nSPS) is 16.5. The highest BCUT2D eigenvalue weighted by Gasteiger charge is 2.39. The van der Waals surface area contributed by atoms with Crippen molar-refractivity contribution >= 4 is 53.7 Å². The molecule has 0 unspecified atom stereocenters. The predicted octanol–water partition coefficient (Wildman–Crippen LogP) is -5.46. The van der Waals surface area contributed by atoms with E-state index in [2.05, 4.69) is 31.3 Å². The van der Waals surface area contributed by atoms with Crippen molar-refractivity contribution in [1.29, 1.82) is 0 Å². The van der Waals surface area contributed by atoms with Gasteiger partial charge in [0.2, 0.25) is 29.5 Å². The fraction of sp³-hybridized carbons (Fsp3) is 0.710. The van der Waals surface area contributed by atoms with Crippen LogP contribution in [0.3, 0.4) is 0 Å². The number of nitrogens with zero attached hydrogens (tertiary/aromatic N) is 3. The van der Waals surface area contributed by atoms with E-state index in [0.717, 1.165) is 0 Å². The highest BCUT2D eigenvalue weighted by Crippen LogP contribution is 2.21. The van der Waals surface area contributed by atoms with Crippen molar-refractivity contribution in [1.82, 2.24) is 26.2 Å². The molecule has 1 fully saturated rings. The minimum atomic E-state index is -1.21. The van der Waals surface area contributed by atoms with Crippen LogP contribution in [0.5, 0.6) is 0 Å². The highest BCUT2D eigenvalue weighted by atomic mass is 16.4. The van der Waals surface area contributed by atoms with Crippen molar-refractivity contribution in [3.05, 3.63) is 0 Å². The number of likely N-dealkylation sites (tertiary alicyclic amines) is 1. The number of aliphatic carboxylic acids is 1. The minimum Gasteiger partial charge on any atom is -0.481 e. The number of amides is 5. The van der Waals surface area contributed by atoms with Crippen LogP contribution >= 0.6 is 0 Å². The van der Waals surface area contributed by atoms with Crippen LogP contribution in [0.2, 0.25) is 0 Å². The Kier molecular flexibility index (Phi) is 21.7. The first-order chi connectivity index (χ1) is 25.1. The molecule has 1 saturated heterocycles. The lowest BCUT2D eigenvalue weighted by Crippen LogP contribution is -2.59. The van der Waals surface area contributed by atoms with Gasteiger partial charge >= 0.3 is 5.97 Å². The summed E-state index contributed by atoms with van der Waals surface area (Å²) in [5.74, 6) is -4.98. The Balaban J connectivity index is 3.27. The number of carbonyl (C=O) groups excluding carboxylic acids is 6. The largest absolute Gasteiger partial charge is 0.481 e. The minimum absolute atomic E-state index is 0.0395. The lowest BCUT2D eigenvalue weighted by molar-refractivity contribution is -0.142. The van der Waals surface area contributed by atoms with Crippen molar-refractivity contribution in [3.63, 3.8) is 0 Å². The molecule has 1 rings (SSSR count). The van der Waals surface area contributed by atoms with Crippen LogP contribution in [-0.4, -0.2) is 138 Å². The first-order valence-electron chi connectivity index (χ1n) is 17.5. The van der Waals surface area contributed by atoms with E-state index in [1.165, 1.54) is 4.90 Å². The number of guanidine groups is 2. The van der Waals surface area contributed by atoms with Gasteiger partial charge in [0.25, 0.3) is 0 Å². The molecule has 0 aromatic rings. The van der Waals surface area contributed by atoms with E-state index in [9.17, 15) is 38.7 Å². The number of unbranched alkanes of at least 4 members (excludes halogenated alkanes) is 1. The zero-order valence-corrected chi connectivity index (χ0v) is 29.9. The number of hydrogen-bond donors (Lipinski definition) is 12. The molecule has 0 aromatic heterocycles. The highest BCUT2D eigenvalue weighted by molar-refractivity contribution is 5.96. The first kappa shape index (κ1) is 45.9. The quantitative estimate of drug-likeness (QED) is 0.0170. The van der Waals surface area contributed by atoms with E-state index in [4.69, 9.17) is 39.5 Å². The smallest absolute Gasteiger partial charge is 0.303 e. The zero-order valence-electron chi connectivity index (χ0n) is 29.9. The number of aldehydes is 1. The molecular weight excluding hydrogens is 698 g/mol. The van der Waals surface area contributed by atoms with Gasteiger partial charge in [-0.3, -0.25) is 38.8 Å². The Morgan fingerprint density at radius 3 is 1.87 bits per heavy atom. The van der Waals surface area contributed by atoms with E-state index >= 15 is 0 Å². The number of nitrogens with two attached hydrogens (primary N) is 6. The molecule has 0 bridgehead atoms. The second-order valence-corrected chi connectivity index (χ2v) is 12.5. The molecule has 53 heavy (non-hydrogen) atoms. The van der Waals surface area contributed by atoms with E-state index < -0.39 is 78.4 Å². The van der Waals surface area contributed by atoms with Gasteiger partial charge in [-0.2, -0.15) is 0 Å². The third-order valence-corrected chi connectivity index (χ3v) is 8.25. The molecule has 0 spiro atoms. The number of nitrogens with one attached hydrogen (secondary N) is 4. The second-order valence-electron chi connectivity index (χ2n) is 12.5. The molecule has 22 heteroatoms. The van der Waals surface area contributed by atoms with Crippen LogP contribution in [0.4, 0.5) is 0 Å². The second kappa shape index (κ2) is 25.0. The van der Waals surface area contributed by atoms with Crippen molar-refractivity contribution in [3.8, 4) is 0 Å². The van der Waals surface area contributed by atoms with Gasteiger partial charge in [-0.05, 0) is 70.8 Å². The Labute approximate surface area is 307 Å². The van der Waals surface area contributed by atoms with Gasteiger partial charge in [0.1, 0.15) is 36.5 Å². The lowest BCUT2D eigenvalue weighted by Gasteiger charge is -2.31. The Bertz CT molecular complexity index is 1290. The van der Waals surface area contributed by atoms with Gasteiger partial charge in [0, 0.05) is 26.1 Å². The summed E-state index contributed by atoms with van der Waals surface area (Å²) in [6.07, 6.45) is 2.15. The molecule has 5 amide bonds. The number of hydrogen-bond acceptors (Lipinski definition) is 12. The summed E-state index contributed by atoms with van der Waals surface area (Å²) in [6, 6.07) is -6.99. The van der Waals surface area contributed by atoms with Crippen molar-refractivity contribution < 1.29 is 43.8 Å². The third kappa shape index (κ3) is 17.8. The maximum absolute atomic E-state index is 14.1. The topological polar surface area (TPSA) is 392 Å². The molecule has 22 nitrogen and oxygen atoms in total. The van der Waals surface area contributed by atoms with Crippen LogP contribution in [0.25, 0.3) is 0 Å². The van der Waals surface area contributed by atoms with Crippen LogP contribution < -0.4 is 55.7 Å². The molecule has 0 aliphatic carbocycles. The molecule has 1 heterocycles. The van der Waals surface area contributed by atoms with Gasteiger partial charge in [-0.1, -0.05) is 0 Å². The molecular formula is C31H57N13O9. The zero-order chi connectivity index (χ0) is 39.9. The number of carbonyl (C=O) groups is 7. The fourth-order valence-corrected chi connectivity index (χ4v) is 5.43. The molecule has 1 aliphatic heterocycles. The predicted molar refractivity (Wildman–Crippen MR) is 193 cm³/mol. The fourth-order valence-electron chi connectivity index (χ4n) is 5.43. The summed E-state index contributed by atoms with van der Waals surface area (Å²) in [5, 5.41) is 28.6. The standard InChI is InChI=1S/C31H57N13O9/c32-12-2-1-6-20(41-25(49)19(33)10-11-24(47)48)27(51)43-22(8-4-14-39-31(36)37)29(53)44-15-5-9-23(44)28(52)42-21(7-3-13-38-30(34)35)26(50)40-18(16-45)17-46/h16,18-23,46H,1-15,17,32-33H2,(H,40,50)(H,41,49)(H,42,52)(H,43,51)(H,47,48)(H4,34,35,38)(H4,36,37,39)/t18-,19+,20+,21+,22+,23+/m1/s1. The number of rotatable bonds is 26. The summed E-state index contributed by atoms with van der Waals surface area (Å²) < 4.78 is 0. The maximum Gasteiger partial charge on any atom is 0.303 e. The SMILES string of the molecule is NCCCC[C@H](NC(=O)[C@@H](N)CCC(=O)O)C(=O)N[C@@H](CCCN=C(N)N)C(=O)N1CCC[C@H]1C(=O)N[C@@H](CCCN=C(N)N)C(=O)N[C@H](C=O)CO. The summed E-state index contributed by atoms with van der Waals surface area (Å²) in [6.45, 7) is 0.0533. The average molecular weight is 756 g/mol. The summed E-state index contributed by atoms with van der Waals surface area (Å²) in [5.41, 5.74) is 33.1. The molecule has 0 saturated carbocycles. The Hall–Kier alpha value is -5.09. The lowest BCUT2D eigenvalue weighted by atomic mass is 10.0. The average Bonchev–Trinajstić information content (AvgIpc) is 3.61. The van der Waals surface area contributed by atoms with Crippen molar-refractivity contribution in [2.75, 3.05) is 32.8 Å². The van der Waals surface area contributed by atoms with E-state index in [-0.39, 0.29) is 82.9 Å². The molecule has 0 aromatic carbocycles. The number of carboxylic acid groups (broad SMARTS) is 1. The number of aliphatic hydroxyl groups is 1. The van der Waals surface area contributed by atoms with Crippen LogP contribution in [0, 0.1) is 0 Å². The maximum atomic E-state index is 14.1. The number of aliphatic hydroxyl groups excluding tert-OH is 1. The van der Waals surface area contributed by atoms with Crippen molar-refractivity contribution in [2.24, 2.45) is 44.4 Å². The monoisotopic (exact) mass is 755 g/mol. The van der Waals surface area contributed by atoms with E-state index in [1.54, 1.807) is 0 Å². The van der Waals surface area contributed by atoms with Gasteiger partial charge in [0.05, 0.1) is 12.6 Å². The van der Waals surface area contributed by atoms with Gasteiger partial charge in [0.15, 0.2) is 11.9 Å². The summed E-state index contributed by atoms with van der Waals surface area (Å²) in [7, 11) is 0. The Morgan fingerprint density at radius 2 is 1.32 bits per heavy atom. The summed E-state index contributed by atoms with van der Waals surface area (Å²) in [4.78, 5) is 98.5. The van der Waals surface area contributed by atoms with Crippen molar-refractivity contribution in [2.45, 2.75) is 107 Å². The van der Waals surface area contributed by atoms with E-state index in [1.807, 2.05) is 0 Å². The molecule has 300 valence electrons. The van der Waals surface area contributed by atoms with Gasteiger partial charge < -0.3 is 75.6 Å². The third-order valence-electron chi connectivity index (χ3n) is 8.25. The molecule has 6 atom stereocenters. The molecule has 0 radical (unpaired) electrons.